The molecule has 29 heavy (non-hydrogen) atoms. The second-order valence-electron chi connectivity index (χ2n) is 7.80. The van der Waals surface area contributed by atoms with E-state index in [2.05, 4.69) is 41.5 Å². The molecule has 0 atom stereocenters. The van der Waals surface area contributed by atoms with Crippen LogP contribution in [-0.2, 0) is 22.6 Å². The predicted molar refractivity (Wildman–Crippen MR) is 129 cm³/mol. The lowest BCUT2D eigenvalue weighted by Gasteiger charge is -2.30. The summed E-state index contributed by atoms with van der Waals surface area (Å²) in [4.78, 5) is 4.42. The molecule has 2 N–H and O–H groups in total. The van der Waals surface area contributed by atoms with Crippen LogP contribution in [0.25, 0.3) is 0 Å². The van der Waals surface area contributed by atoms with Crippen molar-refractivity contribution in [1.29, 1.82) is 0 Å². The Labute approximate surface area is 193 Å². The molecule has 0 aromatic carbocycles. The van der Waals surface area contributed by atoms with Gasteiger partial charge in [0.1, 0.15) is 0 Å². The number of nitrogens with zero attached hydrogens (tertiary/aromatic N) is 3. The third kappa shape index (κ3) is 7.71. The Morgan fingerprint density at radius 1 is 1.21 bits per heavy atom. The van der Waals surface area contributed by atoms with E-state index in [1.165, 1.54) is 36.9 Å². The van der Waals surface area contributed by atoms with Gasteiger partial charge in [0.15, 0.2) is 5.96 Å². The molecular formula is C21H40IN5O2. The van der Waals surface area contributed by atoms with Crippen molar-refractivity contribution in [2.75, 3.05) is 40.5 Å². The van der Waals surface area contributed by atoms with E-state index in [1.54, 1.807) is 7.11 Å². The number of aryl methyl sites for hydroxylation is 1. The molecule has 0 radical (unpaired) electrons. The molecule has 0 spiro atoms. The molecule has 1 aromatic rings. The molecule has 8 heteroatoms. The molecule has 0 saturated heterocycles. The van der Waals surface area contributed by atoms with Crippen LogP contribution in [0.1, 0.15) is 56.0 Å². The molecule has 1 aliphatic carbocycles. The van der Waals surface area contributed by atoms with Crippen LogP contribution in [0, 0.1) is 19.3 Å². The predicted octanol–water partition coefficient (Wildman–Crippen LogP) is 3.42. The Kier molecular flexibility index (Phi) is 12.1. The van der Waals surface area contributed by atoms with Gasteiger partial charge >= 0.3 is 0 Å². The summed E-state index contributed by atoms with van der Waals surface area (Å²) in [5.41, 5.74) is 3.80. The summed E-state index contributed by atoms with van der Waals surface area (Å²) >= 11 is 0. The number of rotatable bonds is 11. The molecular weight excluding hydrogens is 481 g/mol. The van der Waals surface area contributed by atoms with E-state index >= 15 is 0 Å². The standard InChI is InChI=1S/C21H39N5O2.HI/c1-6-28-13-11-21(9-7-8-10-21)16-24-20(22-4)23-15-19-17(2)25-26(18(19)3)12-14-27-5;/h6-16H2,1-5H3,(H2,22,23,24);1H. The van der Waals surface area contributed by atoms with Gasteiger partial charge in [-0.2, -0.15) is 5.10 Å². The lowest BCUT2D eigenvalue weighted by atomic mass is 9.83. The fourth-order valence-electron chi connectivity index (χ4n) is 4.12. The van der Waals surface area contributed by atoms with Crippen molar-refractivity contribution in [3.63, 3.8) is 0 Å². The summed E-state index contributed by atoms with van der Waals surface area (Å²) in [6.45, 7) is 11.0. The average molecular weight is 521 g/mol. The number of halogens is 1. The van der Waals surface area contributed by atoms with Crippen LogP contribution >= 0.6 is 24.0 Å². The Hall–Kier alpha value is -0.870. The van der Waals surface area contributed by atoms with E-state index in [9.17, 15) is 0 Å². The zero-order valence-electron chi connectivity index (χ0n) is 18.8. The van der Waals surface area contributed by atoms with Crippen LogP contribution in [0.15, 0.2) is 4.99 Å². The van der Waals surface area contributed by atoms with Crippen molar-refractivity contribution in [2.45, 2.75) is 66.0 Å². The number of hydrogen-bond acceptors (Lipinski definition) is 4. The van der Waals surface area contributed by atoms with E-state index in [4.69, 9.17) is 9.47 Å². The average Bonchev–Trinajstić information content (AvgIpc) is 3.26. The number of nitrogens with one attached hydrogen (secondary N) is 2. The molecule has 1 fully saturated rings. The Morgan fingerprint density at radius 2 is 1.93 bits per heavy atom. The van der Waals surface area contributed by atoms with Gasteiger partial charge < -0.3 is 20.1 Å². The number of aliphatic imine (C=N–C) groups is 1. The number of hydrogen-bond donors (Lipinski definition) is 2. The number of aromatic nitrogens is 2. The van der Waals surface area contributed by atoms with Crippen molar-refractivity contribution < 1.29 is 9.47 Å². The number of guanidine groups is 1. The van der Waals surface area contributed by atoms with Gasteiger partial charge in [0.2, 0.25) is 0 Å². The molecule has 0 amide bonds. The lowest BCUT2D eigenvalue weighted by Crippen LogP contribution is -2.43. The van der Waals surface area contributed by atoms with Gasteiger partial charge in [-0.25, -0.2) is 0 Å². The number of methoxy groups -OCH3 is 1. The highest BCUT2D eigenvalue weighted by Gasteiger charge is 2.33. The molecule has 168 valence electrons. The van der Waals surface area contributed by atoms with Crippen molar-refractivity contribution in [1.82, 2.24) is 20.4 Å². The third-order valence-electron chi connectivity index (χ3n) is 5.97. The second-order valence-corrected chi connectivity index (χ2v) is 7.80. The summed E-state index contributed by atoms with van der Waals surface area (Å²) in [6.07, 6.45) is 6.30. The van der Waals surface area contributed by atoms with Crippen LogP contribution in [0.5, 0.6) is 0 Å². The molecule has 1 aliphatic rings. The lowest BCUT2D eigenvalue weighted by molar-refractivity contribution is 0.105. The maximum atomic E-state index is 5.62. The molecule has 0 unspecified atom stereocenters. The molecule has 1 heterocycles. The van der Waals surface area contributed by atoms with Gasteiger partial charge in [0.05, 0.1) is 18.8 Å². The fraction of sp³-hybridized carbons (Fsp3) is 0.810. The van der Waals surface area contributed by atoms with Gasteiger partial charge in [-0.1, -0.05) is 12.8 Å². The summed E-state index contributed by atoms with van der Waals surface area (Å²) in [6, 6.07) is 0. The van der Waals surface area contributed by atoms with E-state index < -0.39 is 0 Å². The SMILES string of the molecule is CCOCCC1(CNC(=NC)NCc2c(C)nn(CCOC)c2C)CCCC1.I. The maximum Gasteiger partial charge on any atom is 0.191 e. The highest BCUT2D eigenvalue weighted by Crippen LogP contribution is 2.40. The Balaban J connectivity index is 0.00000420. The van der Waals surface area contributed by atoms with E-state index in [0.717, 1.165) is 50.9 Å². The molecule has 0 aliphatic heterocycles. The van der Waals surface area contributed by atoms with Crippen LogP contribution in [0.3, 0.4) is 0 Å². The van der Waals surface area contributed by atoms with Crippen LogP contribution in [0.4, 0.5) is 0 Å². The Bertz CT molecular complexity index is 627. The van der Waals surface area contributed by atoms with Gasteiger partial charge in [-0.05, 0) is 45.4 Å². The first-order valence-corrected chi connectivity index (χ1v) is 10.6. The molecule has 0 bridgehead atoms. The van der Waals surface area contributed by atoms with Gasteiger partial charge in [0.25, 0.3) is 0 Å². The second kappa shape index (κ2) is 13.4. The normalized spacial score (nSPS) is 16.0. The zero-order valence-corrected chi connectivity index (χ0v) is 21.2. The van der Waals surface area contributed by atoms with Gasteiger partial charge in [-0.15, -0.1) is 24.0 Å². The minimum absolute atomic E-state index is 0. The largest absolute Gasteiger partial charge is 0.383 e. The smallest absolute Gasteiger partial charge is 0.191 e. The summed E-state index contributed by atoms with van der Waals surface area (Å²) in [5.74, 6) is 0.853. The van der Waals surface area contributed by atoms with E-state index in [-0.39, 0.29) is 24.0 Å². The van der Waals surface area contributed by atoms with Crippen LogP contribution in [-0.4, -0.2) is 56.3 Å². The minimum atomic E-state index is 0. The van der Waals surface area contributed by atoms with Crippen LogP contribution in [0.2, 0.25) is 0 Å². The number of ether oxygens (including phenoxy) is 2. The van der Waals surface area contributed by atoms with E-state index in [0.29, 0.717) is 12.0 Å². The maximum absolute atomic E-state index is 5.62. The first kappa shape index (κ1) is 26.2. The van der Waals surface area contributed by atoms with E-state index in [1.807, 2.05) is 11.7 Å². The molecule has 1 aromatic heterocycles. The van der Waals surface area contributed by atoms with Crippen LogP contribution < -0.4 is 10.6 Å². The highest BCUT2D eigenvalue weighted by molar-refractivity contribution is 14.0. The fourth-order valence-corrected chi connectivity index (χ4v) is 4.12. The minimum Gasteiger partial charge on any atom is -0.383 e. The molecule has 7 nitrogen and oxygen atoms in total. The first-order valence-electron chi connectivity index (χ1n) is 10.6. The van der Waals surface area contributed by atoms with Gasteiger partial charge in [-0.3, -0.25) is 9.67 Å². The highest BCUT2D eigenvalue weighted by atomic mass is 127. The molecule has 1 saturated carbocycles. The first-order chi connectivity index (χ1) is 13.5. The zero-order chi connectivity index (χ0) is 20.4. The van der Waals surface area contributed by atoms with Crippen molar-refractivity contribution in [2.24, 2.45) is 10.4 Å². The quantitative estimate of drug-likeness (QED) is 0.202. The van der Waals surface area contributed by atoms with Gasteiger partial charge in [0, 0.05) is 51.7 Å². The summed E-state index contributed by atoms with van der Waals surface area (Å²) < 4.78 is 12.8. The summed E-state index contributed by atoms with van der Waals surface area (Å²) in [5, 5.41) is 11.7. The Morgan fingerprint density at radius 3 is 2.55 bits per heavy atom. The third-order valence-corrected chi connectivity index (χ3v) is 5.97. The van der Waals surface area contributed by atoms with Crippen molar-refractivity contribution >= 4 is 29.9 Å². The topological polar surface area (TPSA) is 72.7 Å². The monoisotopic (exact) mass is 521 g/mol. The van der Waals surface area contributed by atoms with Crippen molar-refractivity contribution in [3.05, 3.63) is 17.0 Å². The van der Waals surface area contributed by atoms with Crippen molar-refractivity contribution in [3.8, 4) is 0 Å². The summed E-state index contributed by atoms with van der Waals surface area (Å²) in [7, 11) is 3.55. The molecule has 2 rings (SSSR count).